The van der Waals surface area contributed by atoms with E-state index in [2.05, 4.69) is 9.71 Å². The van der Waals surface area contributed by atoms with Gasteiger partial charge >= 0.3 is 0 Å². The second-order valence-electron chi connectivity index (χ2n) is 4.54. The Morgan fingerprint density at radius 2 is 2.11 bits per heavy atom. The van der Waals surface area contributed by atoms with Gasteiger partial charge in [0.1, 0.15) is 0 Å². The Bertz CT molecular complexity index is 446. The Labute approximate surface area is 108 Å². The van der Waals surface area contributed by atoms with Gasteiger partial charge in [0, 0.05) is 24.4 Å². The fourth-order valence-corrected chi connectivity index (χ4v) is 2.86. The van der Waals surface area contributed by atoms with E-state index in [4.69, 9.17) is 5.11 Å². The zero-order chi connectivity index (χ0) is 13.6. The Morgan fingerprint density at radius 3 is 2.61 bits per heavy atom. The van der Waals surface area contributed by atoms with E-state index >= 15 is 0 Å². The van der Waals surface area contributed by atoms with E-state index in [-0.39, 0.29) is 18.3 Å². The average molecular weight is 272 g/mol. The largest absolute Gasteiger partial charge is 0.395 e. The lowest BCUT2D eigenvalue weighted by molar-refractivity contribution is 0.227. The van der Waals surface area contributed by atoms with Gasteiger partial charge in [0.25, 0.3) is 0 Å². The monoisotopic (exact) mass is 272 g/mol. The van der Waals surface area contributed by atoms with Crippen LogP contribution in [0.1, 0.15) is 19.5 Å². The van der Waals surface area contributed by atoms with Crippen molar-refractivity contribution in [2.75, 3.05) is 12.4 Å². The number of aliphatic hydroxyl groups is 1. The van der Waals surface area contributed by atoms with Crippen LogP contribution in [0.15, 0.2) is 24.4 Å². The van der Waals surface area contributed by atoms with E-state index < -0.39 is 16.1 Å². The molecule has 1 aromatic rings. The Balaban J connectivity index is 2.55. The van der Waals surface area contributed by atoms with Gasteiger partial charge in [0.15, 0.2) is 0 Å². The molecule has 0 spiro atoms. The predicted molar refractivity (Wildman–Crippen MR) is 70.6 cm³/mol. The van der Waals surface area contributed by atoms with Gasteiger partial charge in [-0.1, -0.05) is 19.9 Å². The number of sulfonamides is 1. The molecule has 0 aliphatic carbocycles. The first kappa shape index (κ1) is 15.1. The molecule has 0 aromatic carbocycles. The minimum Gasteiger partial charge on any atom is -0.395 e. The molecule has 102 valence electrons. The van der Waals surface area contributed by atoms with E-state index in [0.29, 0.717) is 6.42 Å². The molecule has 5 nitrogen and oxygen atoms in total. The topological polar surface area (TPSA) is 79.3 Å². The molecule has 18 heavy (non-hydrogen) atoms. The summed E-state index contributed by atoms with van der Waals surface area (Å²) in [5, 5.41) is 9.11. The van der Waals surface area contributed by atoms with Crippen LogP contribution in [-0.2, 0) is 16.4 Å². The summed E-state index contributed by atoms with van der Waals surface area (Å²) < 4.78 is 26.2. The maximum Gasteiger partial charge on any atom is 0.212 e. The van der Waals surface area contributed by atoms with Crippen LogP contribution in [-0.4, -0.2) is 36.9 Å². The molecule has 0 aliphatic rings. The summed E-state index contributed by atoms with van der Waals surface area (Å²) in [4.78, 5) is 4.07. The van der Waals surface area contributed by atoms with E-state index in [1.54, 1.807) is 18.3 Å². The maximum atomic E-state index is 11.8. The molecule has 1 atom stereocenters. The zero-order valence-corrected chi connectivity index (χ0v) is 11.5. The highest BCUT2D eigenvalue weighted by Crippen LogP contribution is 2.04. The van der Waals surface area contributed by atoms with Crippen LogP contribution in [0.25, 0.3) is 0 Å². The van der Waals surface area contributed by atoms with E-state index in [1.807, 2.05) is 19.9 Å². The van der Waals surface area contributed by atoms with Gasteiger partial charge in [0.05, 0.1) is 12.4 Å². The van der Waals surface area contributed by atoms with Crippen molar-refractivity contribution in [3.8, 4) is 0 Å². The maximum absolute atomic E-state index is 11.8. The first-order chi connectivity index (χ1) is 8.44. The van der Waals surface area contributed by atoms with Crippen molar-refractivity contribution in [2.24, 2.45) is 5.92 Å². The molecule has 1 unspecified atom stereocenters. The minimum atomic E-state index is -3.39. The van der Waals surface area contributed by atoms with Gasteiger partial charge in [-0.15, -0.1) is 0 Å². The van der Waals surface area contributed by atoms with Gasteiger partial charge in [-0.2, -0.15) is 0 Å². The van der Waals surface area contributed by atoms with Crippen LogP contribution in [0.2, 0.25) is 0 Å². The summed E-state index contributed by atoms with van der Waals surface area (Å²) >= 11 is 0. The van der Waals surface area contributed by atoms with Crippen molar-refractivity contribution in [3.05, 3.63) is 30.1 Å². The molecule has 0 bridgehead atoms. The molecule has 0 amide bonds. The third kappa shape index (κ3) is 5.12. The molecule has 2 N–H and O–H groups in total. The van der Waals surface area contributed by atoms with E-state index in [9.17, 15) is 8.42 Å². The van der Waals surface area contributed by atoms with Crippen LogP contribution < -0.4 is 4.72 Å². The van der Waals surface area contributed by atoms with Crippen molar-refractivity contribution >= 4 is 10.0 Å². The molecule has 0 aliphatic heterocycles. The van der Waals surface area contributed by atoms with Crippen LogP contribution in [0.4, 0.5) is 0 Å². The van der Waals surface area contributed by atoms with Gasteiger partial charge in [-0.3, -0.25) is 4.98 Å². The number of aromatic nitrogens is 1. The smallest absolute Gasteiger partial charge is 0.212 e. The van der Waals surface area contributed by atoms with Crippen molar-refractivity contribution in [2.45, 2.75) is 26.3 Å². The molecular formula is C12H20N2O3S. The highest BCUT2D eigenvalue weighted by molar-refractivity contribution is 7.89. The summed E-state index contributed by atoms with van der Waals surface area (Å²) in [5.41, 5.74) is 0.743. The fourth-order valence-electron chi connectivity index (χ4n) is 1.46. The summed E-state index contributed by atoms with van der Waals surface area (Å²) in [6, 6.07) is 4.98. The first-order valence-electron chi connectivity index (χ1n) is 5.95. The fraction of sp³-hybridized carbons (Fsp3) is 0.583. The van der Waals surface area contributed by atoms with Gasteiger partial charge < -0.3 is 5.11 Å². The summed E-state index contributed by atoms with van der Waals surface area (Å²) in [7, 11) is -3.39. The molecule has 1 aromatic heterocycles. The van der Waals surface area contributed by atoms with Gasteiger partial charge in [-0.05, 0) is 18.1 Å². The third-order valence-corrected chi connectivity index (χ3v) is 4.09. The van der Waals surface area contributed by atoms with Gasteiger partial charge in [0.2, 0.25) is 10.0 Å². The van der Waals surface area contributed by atoms with Crippen molar-refractivity contribution in [3.63, 3.8) is 0 Å². The number of nitrogens with zero attached hydrogens (tertiary/aromatic N) is 1. The molecule has 1 heterocycles. The number of hydrogen-bond acceptors (Lipinski definition) is 4. The summed E-state index contributed by atoms with van der Waals surface area (Å²) in [6.45, 7) is 3.53. The van der Waals surface area contributed by atoms with Crippen LogP contribution in [0.5, 0.6) is 0 Å². The van der Waals surface area contributed by atoms with Crippen LogP contribution >= 0.6 is 0 Å². The number of aryl methyl sites for hydroxylation is 1. The second kappa shape index (κ2) is 6.82. The lowest BCUT2D eigenvalue weighted by Gasteiger charge is -2.19. The molecular weight excluding hydrogens is 252 g/mol. The molecule has 0 fully saturated rings. The number of aliphatic hydroxyl groups excluding tert-OH is 1. The normalized spacial score (nSPS) is 13.8. The highest BCUT2D eigenvalue weighted by atomic mass is 32.2. The van der Waals surface area contributed by atoms with Crippen molar-refractivity contribution in [1.29, 1.82) is 0 Å². The molecule has 6 heteroatoms. The Morgan fingerprint density at radius 1 is 1.39 bits per heavy atom. The van der Waals surface area contributed by atoms with Crippen molar-refractivity contribution < 1.29 is 13.5 Å². The molecule has 0 radical (unpaired) electrons. The summed E-state index contributed by atoms with van der Waals surface area (Å²) in [6.07, 6.45) is 2.01. The van der Waals surface area contributed by atoms with E-state index in [0.717, 1.165) is 5.69 Å². The average Bonchev–Trinajstić information content (AvgIpc) is 2.35. The Kier molecular flexibility index (Phi) is 5.71. The van der Waals surface area contributed by atoms with E-state index in [1.165, 1.54) is 0 Å². The lowest BCUT2D eigenvalue weighted by Crippen LogP contribution is -2.42. The van der Waals surface area contributed by atoms with Crippen LogP contribution in [0.3, 0.4) is 0 Å². The third-order valence-electron chi connectivity index (χ3n) is 2.69. The first-order valence-corrected chi connectivity index (χ1v) is 7.60. The second-order valence-corrected chi connectivity index (χ2v) is 6.41. The lowest BCUT2D eigenvalue weighted by atomic mass is 10.1. The predicted octanol–water partition coefficient (Wildman–Crippen LogP) is 0.560. The number of nitrogens with one attached hydrogen (secondary N) is 1. The molecule has 0 saturated carbocycles. The standard InChI is InChI=1S/C12H20N2O3S/c1-10(2)12(9-15)14-18(16,17)8-6-11-5-3-4-7-13-11/h3-5,7,10,12,14-15H,6,8-9H2,1-2H3. The van der Waals surface area contributed by atoms with Gasteiger partial charge in [-0.25, -0.2) is 13.1 Å². The van der Waals surface area contributed by atoms with Crippen molar-refractivity contribution in [1.82, 2.24) is 9.71 Å². The zero-order valence-electron chi connectivity index (χ0n) is 10.7. The Hall–Kier alpha value is -0.980. The minimum absolute atomic E-state index is 0.0206. The quantitative estimate of drug-likeness (QED) is 0.760. The van der Waals surface area contributed by atoms with Crippen LogP contribution in [0, 0.1) is 5.92 Å². The number of hydrogen-bond donors (Lipinski definition) is 2. The number of pyridine rings is 1. The highest BCUT2D eigenvalue weighted by Gasteiger charge is 2.19. The SMILES string of the molecule is CC(C)C(CO)NS(=O)(=O)CCc1ccccn1. The summed E-state index contributed by atoms with van der Waals surface area (Å²) in [5.74, 6) is 0.0346. The molecule has 1 rings (SSSR count). The number of rotatable bonds is 7. The molecule has 0 saturated heterocycles.